The summed E-state index contributed by atoms with van der Waals surface area (Å²) in [5, 5.41) is 12.9. The highest BCUT2D eigenvalue weighted by molar-refractivity contribution is 5.93. The summed E-state index contributed by atoms with van der Waals surface area (Å²) in [6.07, 6.45) is 4.11. The van der Waals surface area contributed by atoms with Crippen molar-refractivity contribution in [1.29, 1.82) is 0 Å². The van der Waals surface area contributed by atoms with Crippen molar-refractivity contribution in [1.82, 2.24) is 9.97 Å². The molecule has 3 aromatic carbocycles. The fourth-order valence-corrected chi connectivity index (χ4v) is 2.96. The van der Waals surface area contributed by atoms with Crippen LogP contribution < -0.4 is 10.1 Å². The van der Waals surface area contributed by atoms with Crippen LogP contribution in [0.5, 0.6) is 5.75 Å². The molecule has 0 aliphatic carbocycles. The molecule has 148 valence electrons. The summed E-state index contributed by atoms with van der Waals surface area (Å²) in [4.78, 5) is 19.3. The van der Waals surface area contributed by atoms with Crippen molar-refractivity contribution in [3.8, 4) is 5.75 Å². The highest BCUT2D eigenvalue weighted by Crippen LogP contribution is 2.25. The average molecular weight is 397 g/mol. The van der Waals surface area contributed by atoms with Gasteiger partial charge in [-0.3, -0.25) is 0 Å². The Hall–Kier alpha value is -4.19. The third-order valence-electron chi connectivity index (χ3n) is 4.44. The van der Waals surface area contributed by atoms with Gasteiger partial charge in [-0.05, 0) is 53.6 Å². The molecule has 0 aliphatic heterocycles. The first kappa shape index (κ1) is 19.1. The van der Waals surface area contributed by atoms with Gasteiger partial charge in [0, 0.05) is 17.1 Å². The number of ether oxygens (including phenoxy) is 1. The van der Waals surface area contributed by atoms with E-state index in [9.17, 15) is 4.79 Å². The van der Waals surface area contributed by atoms with Crippen molar-refractivity contribution in [2.45, 2.75) is 6.61 Å². The van der Waals surface area contributed by atoms with Gasteiger partial charge in [-0.15, -0.1) is 0 Å². The number of rotatable bonds is 7. The predicted molar refractivity (Wildman–Crippen MR) is 117 cm³/mol. The Bertz CT molecular complexity index is 1190. The van der Waals surface area contributed by atoms with E-state index < -0.39 is 5.97 Å². The second-order valence-electron chi connectivity index (χ2n) is 6.59. The van der Waals surface area contributed by atoms with E-state index in [1.807, 2.05) is 72.8 Å². The van der Waals surface area contributed by atoms with Crippen LogP contribution in [0.4, 0.5) is 11.5 Å². The van der Waals surface area contributed by atoms with E-state index in [2.05, 4.69) is 15.3 Å². The maximum absolute atomic E-state index is 10.7. The number of aromatic nitrogens is 2. The summed E-state index contributed by atoms with van der Waals surface area (Å²) in [5.74, 6) is 0.467. The maximum Gasteiger partial charge on any atom is 0.328 e. The van der Waals surface area contributed by atoms with Gasteiger partial charge >= 0.3 is 5.97 Å². The molecular weight excluding hydrogens is 378 g/mol. The lowest BCUT2D eigenvalue weighted by Gasteiger charge is -2.10. The Morgan fingerprint density at radius 2 is 1.80 bits per heavy atom. The minimum absolute atomic E-state index is 0.517. The fraction of sp³-hybridized carbons (Fsp3) is 0.0417. The lowest BCUT2D eigenvalue weighted by Crippen LogP contribution is -1.97. The minimum Gasteiger partial charge on any atom is -0.489 e. The Labute approximate surface area is 173 Å². The molecule has 6 heteroatoms. The largest absolute Gasteiger partial charge is 0.489 e. The van der Waals surface area contributed by atoms with Crippen LogP contribution >= 0.6 is 0 Å². The topological polar surface area (TPSA) is 84.3 Å². The van der Waals surface area contributed by atoms with E-state index in [0.29, 0.717) is 12.4 Å². The summed E-state index contributed by atoms with van der Waals surface area (Å²) in [7, 11) is 0. The van der Waals surface area contributed by atoms with Crippen LogP contribution in [-0.2, 0) is 11.4 Å². The molecule has 0 saturated heterocycles. The smallest absolute Gasteiger partial charge is 0.328 e. The first-order valence-corrected chi connectivity index (χ1v) is 9.37. The average Bonchev–Trinajstić information content (AvgIpc) is 2.78. The molecule has 0 bridgehead atoms. The highest BCUT2D eigenvalue weighted by Gasteiger charge is 2.05. The molecule has 0 saturated carbocycles. The number of carboxylic acid groups (broad SMARTS) is 1. The third-order valence-corrected chi connectivity index (χ3v) is 4.44. The summed E-state index contributed by atoms with van der Waals surface area (Å²) < 4.78 is 5.82. The standard InChI is InChI=1S/C24H19N3O3/c28-23(29)13-7-17-6-12-21-22(14-17)25-16-26-24(21)27-19-8-10-20(11-9-19)30-15-18-4-2-1-3-5-18/h1-14,16H,15H2,(H,28,29)(H,25,26,27). The zero-order valence-electron chi connectivity index (χ0n) is 16.0. The SMILES string of the molecule is O=C(O)C=Cc1ccc2c(Nc3ccc(OCc4ccccc4)cc3)ncnc2c1. The Kier molecular flexibility index (Phi) is 5.66. The molecule has 30 heavy (non-hydrogen) atoms. The number of benzene rings is 3. The molecule has 0 unspecified atom stereocenters. The number of hydrogen-bond acceptors (Lipinski definition) is 5. The van der Waals surface area contributed by atoms with E-state index in [1.165, 1.54) is 12.4 Å². The van der Waals surface area contributed by atoms with Crippen LogP contribution in [0.1, 0.15) is 11.1 Å². The predicted octanol–water partition coefficient (Wildman–Crippen LogP) is 5.05. The lowest BCUT2D eigenvalue weighted by molar-refractivity contribution is -0.131. The molecule has 0 radical (unpaired) electrons. The van der Waals surface area contributed by atoms with Gasteiger partial charge in [-0.1, -0.05) is 36.4 Å². The van der Waals surface area contributed by atoms with E-state index in [-0.39, 0.29) is 0 Å². The first-order chi connectivity index (χ1) is 14.7. The van der Waals surface area contributed by atoms with Gasteiger partial charge in [0.05, 0.1) is 5.52 Å². The van der Waals surface area contributed by atoms with Gasteiger partial charge in [0.25, 0.3) is 0 Å². The molecular formula is C24H19N3O3. The number of nitrogens with one attached hydrogen (secondary N) is 1. The number of carboxylic acids is 1. The van der Waals surface area contributed by atoms with Gasteiger partial charge in [-0.25, -0.2) is 14.8 Å². The van der Waals surface area contributed by atoms with Gasteiger partial charge in [0.2, 0.25) is 0 Å². The monoisotopic (exact) mass is 397 g/mol. The van der Waals surface area contributed by atoms with Gasteiger partial charge in [-0.2, -0.15) is 0 Å². The van der Waals surface area contributed by atoms with Crippen LogP contribution in [0.3, 0.4) is 0 Å². The van der Waals surface area contributed by atoms with E-state index in [0.717, 1.165) is 39.5 Å². The van der Waals surface area contributed by atoms with Gasteiger partial charge in [0.15, 0.2) is 0 Å². The molecule has 0 fully saturated rings. The normalized spacial score (nSPS) is 10.9. The molecule has 0 atom stereocenters. The van der Waals surface area contributed by atoms with Crippen LogP contribution in [0.15, 0.2) is 85.2 Å². The molecule has 0 spiro atoms. The Morgan fingerprint density at radius 1 is 1.00 bits per heavy atom. The van der Waals surface area contributed by atoms with Gasteiger partial charge < -0.3 is 15.2 Å². The van der Waals surface area contributed by atoms with Crippen LogP contribution in [0.2, 0.25) is 0 Å². The van der Waals surface area contributed by atoms with Gasteiger partial charge in [0.1, 0.15) is 24.5 Å². The third kappa shape index (κ3) is 4.80. The minimum atomic E-state index is -0.990. The number of aliphatic carboxylic acids is 1. The number of hydrogen-bond donors (Lipinski definition) is 2. The number of anilines is 2. The first-order valence-electron chi connectivity index (χ1n) is 9.37. The number of carbonyl (C=O) groups is 1. The molecule has 4 aromatic rings. The second kappa shape index (κ2) is 8.87. The van der Waals surface area contributed by atoms with Crippen molar-refractivity contribution in [3.63, 3.8) is 0 Å². The zero-order valence-corrected chi connectivity index (χ0v) is 16.0. The molecule has 0 amide bonds. The molecule has 2 N–H and O–H groups in total. The van der Waals surface area contributed by atoms with E-state index in [4.69, 9.17) is 9.84 Å². The maximum atomic E-state index is 10.7. The zero-order chi connectivity index (χ0) is 20.8. The lowest BCUT2D eigenvalue weighted by atomic mass is 10.1. The number of nitrogens with zero attached hydrogens (tertiary/aromatic N) is 2. The molecule has 1 heterocycles. The second-order valence-corrected chi connectivity index (χ2v) is 6.59. The Morgan fingerprint density at radius 3 is 2.57 bits per heavy atom. The molecule has 0 aliphatic rings. The summed E-state index contributed by atoms with van der Waals surface area (Å²) in [6.45, 7) is 0.517. The molecule has 6 nitrogen and oxygen atoms in total. The number of fused-ring (bicyclic) bond motifs is 1. The van der Waals surface area contributed by atoms with Crippen LogP contribution in [0, 0.1) is 0 Å². The Balaban J connectivity index is 1.47. The van der Waals surface area contributed by atoms with Crippen LogP contribution in [0.25, 0.3) is 17.0 Å². The van der Waals surface area contributed by atoms with Crippen molar-refractivity contribution < 1.29 is 14.6 Å². The summed E-state index contributed by atoms with van der Waals surface area (Å²) >= 11 is 0. The highest BCUT2D eigenvalue weighted by atomic mass is 16.5. The van der Waals surface area contributed by atoms with Crippen molar-refractivity contribution in [3.05, 3.63) is 96.3 Å². The van der Waals surface area contributed by atoms with E-state index in [1.54, 1.807) is 0 Å². The van der Waals surface area contributed by atoms with Crippen LogP contribution in [-0.4, -0.2) is 21.0 Å². The summed E-state index contributed by atoms with van der Waals surface area (Å²) in [6, 6.07) is 23.2. The summed E-state index contributed by atoms with van der Waals surface area (Å²) in [5.41, 5.74) is 3.47. The quantitative estimate of drug-likeness (QED) is 0.425. The molecule has 4 rings (SSSR count). The molecule has 1 aromatic heterocycles. The van der Waals surface area contributed by atoms with Crippen molar-refractivity contribution in [2.75, 3.05) is 5.32 Å². The van der Waals surface area contributed by atoms with Crippen molar-refractivity contribution in [2.24, 2.45) is 0 Å². The fourth-order valence-electron chi connectivity index (χ4n) is 2.96. The van der Waals surface area contributed by atoms with Crippen molar-refractivity contribution >= 4 is 34.5 Å². The van der Waals surface area contributed by atoms with E-state index >= 15 is 0 Å².